The van der Waals surface area contributed by atoms with Gasteiger partial charge in [-0.2, -0.15) is 0 Å². The first kappa shape index (κ1) is 61.8. The highest BCUT2D eigenvalue weighted by atomic mass is 16.5. The van der Waals surface area contributed by atoms with Gasteiger partial charge < -0.3 is 20.3 Å². The van der Waals surface area contributed by atoms with Crippen LogP contribution in [0.2, 0.25) is 0 Å². The molecule has 0 radical (unpaired) electrons. The van der Waals surface area contributed by atoms with Crippen LogP contribution < -0.4 is 5.32 Å². The Kier molecular flexibility index (Phi) is 49.2. The van der Waals surface area contributed by atoms with Crippen molar-refractivity contribution in [1.29, 1.82) is 0 Å². The second-order valence-electron chi connectivity index (χ2n) is 17.9. The van der Waals surface area contributed by atoms with Gasteiger partial charge in [0.2, 0.25) is 5.91 Å². The molecule has 0 aromatic heterocycles. The Hall–Kier alpha value is -3.22. The molecule has 6 heteroatoms. The maximum absolute atomic E-state index is 13.2. The zero-order valence-electron chi connectivity index (χ0n) is 42.3. The highest BCUT2D eigenvalue weighted by Crippen LogP contribution is 2.17. The lowest BCUT2D eigenvalue weighted by Gasteiger charge is -2.24. The molecule has 0 aliphatic rings. The summed E-state index contributed by atoms with van der Waals surface area (Å²) in [5.41, 5.74) is 0. The molecule has 372 valence electrons. The van der Waals surface area contributed by atoms with E-state index in [0.717, 1.165) is 89.9 Å². The predicted molar refractivity (Wildman–Crippen MR) is 282 cm³/mol. The molecule has 65 heavy (non-hydrogen) atoms. The highest BCUT2D eigenvalue weighted by Gasteiger charge is 2.24. The molecule has 3 N–H and O–H groups in total. The van der Waals surface area contributed by atoms with Gasteiger partial charge in [-0.3, -0.25) is 9.59 Å². The summed E-state index contributed by atoms with van der Waals surface area (Å²) in [5, 5.41) is 23.8. The number of hydrogen-bond acceptors (Lipinski definition) is 5. The molecule has 1 amide bonds. The molecule has 0 spiro atoms. The fraction of sp³-hybridized carbons (Fsp3) is 0.695. The molecule has 0 aromatic carbocycles. The number of amides is 1. The molecule has 0 saturated heterocycles. The number of esters is 1. The third-order valence-electron chi connectivity index (χ3n) is 11.6. The second kappa shape index (κ2) is 51.8. The van der Waals surface area contributed by atoms with Crippen molar-refractivity contribution in [2.24, 2.45) is 0 Å². The first-order valence-electron chi connectivity index (χ1n) is 27.0. The van der Waals surface area contributed by atoms with Crippen molar-refractivity contribution in [3.63, 3.8) is 0 Å². The van der Waals surface area contributed by atoms with Crippen LogP contribution in [0.1, 0.15) is 239 Å². The van der Waals surface area contributed by atoms with Gasteiger partial charge in [-0.1, -0.05) is 221 Å². The van der Waals surface area contributed by atoms with E-state index in [-0.39, 0.29) is 24.9 Å². The summed E-state index contributed by atoms with van der Waals surface area (Å²) in [6, 6.07) is -0.731. The normalized spacial score (nSPS) is 14.0. The maximum atomic E-state index is 13.2. The van der Waals surface area contributed by atoms with E-state index in [1.807, 2.05) is 0 Å². The van der Waals surface area contributed by atoms with Gasteiger partial charge >= 0.3 is 5.97 Å². The molecular formula is C59H101NO5. The van der Waals surface area contributed by atoms with Crippen LogP contribution in [-0.2, 0) is 14.3 Å². The number of rotatable bonds is 47. The fourth-order valence-corrected chi connectivity index (χ4v) is 7.59. The second-order valence-corrected chi connectivity index (χ2v) is 17.9. The number of carbonyl (C=O) groups is 2. The standard InChI is InChI=1S/C59H101NO5/c1-4-7-10-13-16-19-22-25-28-29-31-34-37-40-43-46-49-52-59(64)65-55(50-47-44-41-38-35-32-30-26-23-20-17-14-11-8-5-2)53-58(63)60-56(54-61)57(62)51-48-45-42-39-36-33-27-24-21-18-15-12-9-6-3/h7,10,16-17,19-20,25-26,28,30-31,34-35,38,40,43,55-57,61-62H,4-6,8-9,11-15,18,21-24,27,29,32-33,36-37,39,41-42,44-54H2,1-3H3,(H,60,63)/b10-7-,19-16-,20-17-,28-25-,30-26-,34-31-,38-35-,43-40-. The summed E-state index contributed by atoms with van der Waals surface area (Å²) >= 11 is 0. The Bertz CT molecular complexity index is 1290. The average molecular weight is 904 g/mol. The topological polar surface area (TPSA) is 95.9 Å². The number of hydrogen-bond donors (Lipinski definition) is 3. The minimum absolute atomic E-state index is 0.0241. The molecule has 0 heterocycles. The van der Waals surface area contributed by atoms with Crippen molar-refractivity contribution in [2.45, 2.75) is 257 Å². The Morgan fingerprint density at radius 3 is 1.28 bits per heavy atom. The molecule has 0 rings (SSSR count). The van der Waals surface area contributed by atoms with Gasteiger partial charge in [-0.15, -0.1) is 0 Å². The third-order valence-corrected chi connectivity index (χ3v) is 11.6. The Balaban J connectivity index is 4.75. The number of unbranched alkanes of at least 4 members (excludes halogenated alkanes) is 19. The van der Waals surface area contributed by atoms with Crippen molar-refractivity contribution in [3.05, 3.63) is 97.2 Å². The lowest BCUT2D eigenvalue weighted by Crippen LogP contribution is -2.46. The summed E-state index contributed by atoms with van der Waals surface area (Å²) in [7, 11) is 0. The first-order valence-corrected chi connectivity index (χ1v) is 27.0. The van der Waals surface area contributed by atoms with Gasteiger partial charge in [0, 0.05) is 6.42 Å². The lowest BCUT2D eigenvalue weighted by molar-refractivity contribution is -0.151. The number of aliphatic hydroxyl groups excluding tert-OH is 2. The van der Waals surface area contributed by atoms with Crippen LogP contribution in [0, 0.1) is 0 Å². The summed E-state index contributed by atoms with van der Waals surface area (Å²) in [6.07, 6.45) is 69.0. The van der Waals surface area contributed by atoms with E-state index in [0.29, 0.717) is 25.7 Å². The Labute approximate surface area is 401 Å². The van der Waals surface area contributed by atoms with Crippen molar-refractivity contribution in [1.82, 2.24) is 5.32 Å². The van der Waals surface area contributed by atoms with Crippen LogP contribution in [0.4, 0.5) is 0 Å². The number of ether oxygens (including phenoxy) is 1. The number of carbonyl (C=O) groups excluding carboxylic acids is 2. The molecule has 6 nitrogen and oxygen atoms in total. The van der Waals surface area contributed by atoms with E-state index < -0.39 is 18.2 Å². The third kappa shape index (κ3) is 47.1. The van der Waals surface area contributed by atoms with Gasteiger partial charge in [0.05, 0.1) is 25.2 Å². The van der Waals surface area contributed by atoms with Crippen molar-refractivity contribution in [2.75, 3.05) is 6.61 Å². The SMILES string of the molecule is CC/C=C\C/C=C\C/C=C\C/C=C\C/C=C\CCCC(=O)OC(CCCC/C=C\C/C=C\C/C=C\CCCCC)CC(=O)NC(CO)C(O)CCCCCCCCCCCCCCCC. The van der Waals surface area contributed by atoms with Gasteiger partial charge in [0.1, 0.15) is 6.10 Å². The van der Waals surface area contributed by atoms with Crippen molar-refractivity contribution < 1.29 is 24.5 Å². The Morgan fingerprint density at radius 2 is 0.831 bits per heavy atom. The van der Waals surface area contributed by atoms with Crippen LogP contribution in [-0.4, -0.2) is 46.9 Å². The van der Waals surface area contributed by atoms with Crippen LogP contribution in [0.3, 0.4) is 0 Å². The van der Waals surface area contributed by atoms with Crippen LogP contribution in [0.15, 0.2) is 97.2 Å². The van der Waals surface area contributed by atoms with Crippen molar-refractivity contribution in [3.8, 4) is 0 Å². The number of allylic oxidation sites excluding steroid dienone is 16. The molecule has 0 aliphatic carbocycles. The summed E-state index contributed by atoms with van der Waals surface area (Å²) in [5.74, 6) is -0.586. The predicted octanol–water partition coefficient (Wildman–Crippen LogP) is 16.5. The van der Waals surface area contributed by atoms with Gasteiger partial charge in [0.15, 0.2) is 0 Å². The van der Waals surface area contributed by atoms with Gasteiger partial charge in [-0.25, -0.2) is 0 Å². The molecule has 0 fully saturated rings. The molecular weight excluding hydrogens is 803 g/mol. The largest absolute Gasteiger partial charge is 0.462 e. The minimum atomic E-state index is -0.813. The molecule has 0 saturated carbocycles. The van der Waals surface area contributed by atoms with Gasteiger partial charge in [0.25, 0.3) is 0 Å². The number of nitrogens with one attached hydrogen (secondary N) is 1. The summed E-state index contributed by atoms with van der Waals surface area (Å²) in [6.45, 7) is 6.32. The lowest BCUT2D eigenvalue weighted by atomic mass is 10.0. The number of aliphatic hydroxyl groups is 2. The molecule has 0 aliphatic heterocycles. The van der Waals surface area contributed by atoms with Gasteiger partial charge in [-0.05, 0) is 103 Å². The smallest absolute Gasteiger partial charge is 0.306 e. The molecule has 0 bridgehead atoms. The van der Waals surface area contributed by atoms with E-state index in [1.165, 1.54) is 96.3 Å². The fourth-order valence-electron chi connectivity index (χ4n) is 7.59. The average Bonchev–Trinajstić information content (AvgIpc) is 3.30. The van der Waals surface area contributed by atoms with E-state index >= 15 is 0 Å². The van der Waals surface area contributed by atoms with E-state index in [2.05, 4.69) is 123 Å². The van der Waals surface area contributed by atoms with Crippen molar-refractivity contribution >= 4 is 11.9 Å². The quantitative estimate of drug-likeness (QED) is 0.0321. The van der Waals surface area contributed by atoms with E-state index in [4.69, 9.17) is 4.74 Å². The van der Waals surface area contributed by atoms with Crippen LogP contribution in [0.5, 0.6) is 0 Å². The van der Waals surface area contributed by atoms with E-state index in [1.54, 1.807) is 0 Å². The highest BCUT2D eigenvalue weighted by molar-refractivity contribution is 5.77. The first-order chi connectivity index (χ1) is 32.0. The Morgan fingerprint density at radius 1 is 0.462 bits per heavy atom. The van der Waals surface area contributed by atoms with E-state index in [9.17, 15) is 19.8 Å². The van der Waals surface area contributed by atoms with Crippen LogP contribution in [0.25, 0.3) is 0 Å². The molecule has 3 atom stereocenters. The zero-order valence-corrected chi connectivity index (χ0v) is 42.3. The summed E-state index contributed by atoms with van der Waals surface area (Å²) in [4.78, 5) is 26.2. The molecule has 0 aromatic rings. The van der Waals surface area contributed by atoms with Crippen LogP contribution >= 0.6 is 0 Å². The maximum Gasteiger partial charge on any atom is 0.306 e. The monoisotopic (exact) mass is 904 g/mol. The zero-order chi connectivity index (χ0) is 47.4. The molecule has 3 unspecified atom stereocenters. The summed E-state index contributed by atoms with van der Waals surface area (Å²) < 4.78 is 5.90. The minimum Gasteiger partial charge on any atom is -0.462 e.